The minimum absolute atomic E-state index is 0.216. The van der Waals surface area contributed by atoms with Gasteiger partial charge in [-0.3, -0.25) is 15.0 Å². The van der Waals surface area contributed by atoms with Crippen LogP contribution < -0.4 is 10.2 Å². The summed E-state index contributed by atoms with van der Waals surface area (Å²) in [6.45, 7) is 0.339. The Morgan fingerprint density at radius 3 is 2.73 bits per heavy atom. The van der Waals surface area contributed by atoms with Crippen LogP contribution in [0.25, 0.3) is 0 Å². The highest BCUT2D eigenvalue weighted by Gasteiger charge is 2.26. The van der Waals surface area contributed by atoms with Gasteiger partial charge in [0, 0.05) is 11.9 Å². The second-order valence-electron chi connectivity index (χ2n) is 4.66. The van der Waals surface area contributed by atoms with Crippen molar-refractivity contribution in [1.82, 2.24) is 10.3 Å². The number of carbonyl (C=O) groups is 1. The number of rotatable bonds is 3. The van der Waals surface area contributed by atoms with Crippen LogP contribution in [0, 0.1) is 0 Å². The van der Waals surface area contributed by atoms with Crippen molar-refractivity contribution in [3.63, 3.8) is 0 Å². The number of hydrogen-bond donors (Lipinski definition) is 1. The molecule has 1 aliphatic heterocycles. The Kier molecular flexibility index (Phi) is 4.37. The number of para-hydroxylation sites is 1. The minimum Gasteiger partial charge on any atom is -0.486 e. The third kappa shape index (κ3) is 3.10. The Balaban J connectivity index is 1.97. The topological polar surface area (TPSA) is 54.5 Å². The van der Waals surface area contributed by atoms with Gasteiger partial charge in [0.25, 0.3) is 5.91 Å². The molecule has 1 aliphatic rings. The summed E-state index contributed by atoms with van der Waals surface area (Å²) < 4.78 is 5.12. The molecular formula is C16H14ClN3O2. The van der Waals surface area contributed by atoms with Crippen LogP contribution in [0.2, 0.25) is 5.02 Å². The predicted octanol–water partition coefficient (Wildman–Crippen LogP) is 2.80. The lowest BCUT2D eigenvalue weighted by atomic mass is 10.2. The SMILES string of the molecule is O=C(c1ccc(Cl)cn1)N(c1ccccc1)C1C=COCN1. The highest BCUT2D eigenvalue weighted by molar-refractivity contribution is 6.30. The van der Waals surface area contributed by atoms with Crippen molar-refractivity contribution in [1.29, 1.82) is 0 Å². The Bertz CT molecular complexity index is 674. The lowest BCUT2D eigenvalue weighted by Crippen LogP contribution is -2.50. The van der Waals surface area contributed by atoms with Crippen LogP contribution in [0.1, 0.15) is 10.5 Å². The maximum atomic E-state index is 12.9. The van der Waals surface area contributed by atoms with Gasteiger partial charge in [0.15, 0.2) is 0 Å². The summed E-state index contributed by atoms with van der Waals surface area (Å²) in [5, 5.41) is 3.61. The first-order chi connectivity index (χ1) is 10.8. The second-order valence-corrected chi connectivity index (χ2v) is 5.10. The molecule has 1 N–H and O–H groups in total. The highest BCUT2D eigenvalue weighted by atomic mass is 35.5. The van der Waals surface area contributed by atoms with E-state index in [1.807, 2.05) is 30.3 Å². The molecule has 112 valence electrons. The third-order valence-corrected chi connectivity index (χ3v) is 3.43. The number of amides is 1. The van der Waals surface area contributed by atoms with E-state index in [-0.39, 0.29) is 12.1 Å². The van der Waals surface area contributed by atoms with Crippen LogP contribution >= 0.6 is 11.6 Å². The molecule has 3 rings (SSSR count). The van der Waals surface area contributed by atoms with E-state index in [1.54, 1.807) is 29.4 Å². The average Bonchev–Trinajstić information content (AvgIpc) is 2.57. The summed E-state index contributed by atoms with van der Waals surface area (Å²) in [7, 11) is 0. The molecule has 0 saturated heterocycles. The Labute approximate surface area is 133 Å². The molecule has 1 aromatic carbocycles. The standard InChI is InChI=1S/C16H14ClN3O2/c17-12-6-7-14(18-10-12)16(21)20(13-4-2-1-3-5-13)15-8-9-22-11-19-15/h1-10,15,19H,11H2. The monoisotopic (exact) mass is 315 g/mol. The molecule has 0 bridgehead atoms. The van der Waals surface area contributed by atoms with E-state index in [0.717, 1.165) is 5.69 Å². The van der Waals surface area contributed by atoms with Gasteiger partial charge in [0.1, 0.15) is 18.6 Å². The van der Waals surface area contributed by atoms with Crippen LogP contribution in [0.15, 0.2) is 61.0 Å². The minimum atomic E-state index is -0.305. The molecule has 22 heavy (non-hydrogen) atoms. The number of nitrogens with one attached hydrogen (secondary N) is 1. The Morgan fingerprint density at radius 1 is 1.27 bits per heavy atom. The number of pyridine rings is 1. The number of hydrogen-bond acceptors (Lipinski definition) is 4. The molecule has 0 saturated carbocycles. The predicted molar refractivity (Wildman–Crippen MR) is 84.5 cm³/mol. The molecule has 0 radical (unpaired) electrons. The smallest absolute Gasteiger partial charge is 0.278 e. The van der Waals surface area contributed by atoms with E-state index in [4.69, 9.17) is 16.3 Å². The molecule has 6 heteroatoms. The average molecular weight is 316 g/mol. The van der Waals surface area contributed by atoms with E-state index < -0.39 is 0 Å². The Morgan fingerprint density at radius 2 is 2.09 bits per heavy atom. The summed E-state index contributed by atoms with van der Waals surface area (Å²) in [5.41, 5.74) is 1.10. The van der Waals surface area contributed by atoms with Crippen molar-refractivity contribution in [2.45, 2.75) is 6.17 Å². The lowest BCUT2D eigenvalue weighted by molar-refractivity contribution is 0.0960. The van der Waals surface area contributed by atoms with Gasteiger partial charge in [-0.2, -0.15) is 0 Å². The largest absolute Gasteiger partial charge is 0.486 e. The fourth-order valence-electron chi connectivity index (χ4n) is 2.18. The fraction of sp³-hybridized carbons (Fsp3) is 0.125. The molecule has 0 spiro atoms. The molecule has 1 aromatic heterocycles. The van der Waals surface area contributed by atoms with Crippen molar-refractivity contribution in [2.24, 2.45) is 0 Å². The van der Waals surface area contributed by atoms with E-state index in [0.29, 0.717) is 17.4 Å². The van der Waals surface area contributed by atoms with Gasteiger partial charge in [-0.05, 0) is 30.3 Å². The van der Waals surface area contributed by atoms with Gasteiger partial charge in [0.2, 0.25) is 0 Å². The zero-order chi connectivity index (χ0) is 15.4. The fourth-order valence-corrected chi connectivity index (χ4v) is 2.29. The van der Waals surface area contributed by atoms with Crippen molar-refractivity contribution in [2.75, 3.05) is 11.6 Å². The van der Waals surface area contributed by atoms with E-state index in [1.165, 1.54) is 6.20 Å². The van der Waals surface area contributed by atoms with Gasteiger partial charge >= 0.3 is 0 Å². The van der Waals surface area contributed by atoms with Crippen molar-refractivity contribution in [3.8, 4) is 0 Å². The molecule has 0 aliphatic carbocycles. The Hall–Kier alpha value is -2.37. The summed E-state index contributed by atoms with van der Waals surface area (Å²) in [6.07, 6.45) is 4.52. The molecule has 0 fully saturated rings. The first-order valence-corrected chi connectivity index (χ1v) is 7.15. The summed E-state index contributed by atoms with van der Waals surface area (Å²) in [4.78, 5) is 18.6. The van der Waals surface area contributed by atoms with Gasteiger partial charge < -0.3 is 4.74 Å². The number of aromatic nitrogens is 1. The molecule has 1 amide bonds. The number of benzene rings is 1. The van der Waals surface area contributed by atoms with Crippen molar-refractivity contribution >= 4 is 23.2 Å². The van der Waals surface area contributed by atoms with E-state index >= 15 is 0 Å². The van der Waals surface area contributed by atoms with Crippen LogP contribution in [-0.4, -0.2) is 23.8 Å². The van der Waals surface area contributed by atoms with Gasteiger partial charge in [-0.1, -0.05) is 29.8 Å². The number of anilines is 1. The first kappa shape index (κ1) is 14.6. The molecular weight excluding hydrogens is 302 g/mol. The lowest BCUT2D eigenvalue weighted by Gasteiger charge is -2.31. The van der Waals surface area contributed by atoms with Crippen LogP contribution in [-0.2, 0) is 4.74 Å². The van der Waals surface area contributed by atoms with Crippen molar-refractivity contribution < 1.29 is 9.53 Å². The normalized spacial score (nSPS) is 16.9. The quantitative estimate of drug-likeness (QED) is 0.946. The maximum Gasteiger partial charge on any atom is 0.278 e. The maximum absolute atomic E-state index is 12.9. The van der Waals surface area contributed by atoms with E-state index in [9.17, 15) is 4.79 Å². The molecule has 2 heterocycles. The van der Waals surface area contributed by atoms with Crippen LogP contribution in [0.5, 0.6) is 0 Å². The van der Waals surface area contributed by atoms with Crippen molar-refractivity contribution in [3.05, 3.63) is 71.7 Å². The summed E-state index contributed by atoms with van der Waals surface area (Å²) in [6, 6.07) is 12.7. The molecule has 1 unspecified atom stereocenters. The van der Waals surface area contributed by atoms with Crippen LogP contribution in [0.3, 0.4) is 0 Å². The van der Waals surface area contributed by atoms with E-state index in [2.05, 4.69) is 10.3 Å². The summed E-state index contributed by atoms with van der Waals surface area (Å²) >= 11 is 5.83. The first-order valence-electron chi connectivity index (χ1n) is 6.77. The molecule has 1 atom stereocenters. The summed E-state index contributed by atoms with van der Waals surface area (Å²) in [5.74, 6) is -0.216. The van der Waals surface area contributed by atoms with Gasteiger partial charge in [-0.15, -0.1) is 0 Å². The third-order valence-electron chi connectivity index (χ3n) is 3.21. The molecule has 2 aromatic rings. The van der Waals surface area contributed by atoms with Gasteiger partial charge in [0.05, 0.1) is 11.3 Å². The number of halogens is 1. The zero-order valence-corrected chi connectivity index (χ0v) is 12.4. The van der Waals surface area contributed by atoms with Crippen LogP contribution in [0.4, 0.5) is 5.69 Å². The number of ether oxygens (including phenoxy) is 1. The number of nitrogens with zero attached hydrogens (tertiary/aromatic N) is 2. The highest BCUT2D eigenvalue weighted by Crippen LogP contribution is 2.20. The zero-order valence-electron chi connectivity index (χ0n) is 11.6. The molecule has 5 nitrogen and oxygen atoms in total. The second kappa shape index (κ2) is 6.60. The van der Waals surface area contributed by atoms with Gasteiger partial charge in [-0.25, -0.2) is 4.98 Å². The number of carbonyl (C=O) groups excluding carboxylic acids is 1.